The highest BCUT2D eigenvalue weighted by molar-refractivity contribution is 7.99. The van der Waals surface area contributed by atoms with Crippen molar-refractivity contribution in [2.75, 3.05) is 32.1 Å². The summed E-state index contributed by atoms with van der Waals surface area (Å²) in [5.41, 5.74) is 0.423. The van der Waals surface area contributed by atoms with Crippen LogP contribution in [0.1, 0.15) is 30.1 Å². The summed E-state index contributed by atoms with van der Waals surface area (Å²) in [7, 11) is 0. The van der Waals surface area contributed by atoms with Crippen LogP contribution in [0.15, 0.2) is 29.2 Å². The molecule has 1 saturated heterocycles. The second-order valence-electron chi connectivity index (χ2n) is 5.75. The molecular weight excluding hydrogens is 356 g/mol. The smallest absolute Gasteiger partial charge is 0.339 e. The van der Waals surface area contributed by atoms with Gasteiger partial charge in [-0.2, -0.15) is 0 Å². The molecule has 2 N–H and O–H groups in total. The topological polar surface area (TPSA) is 93.7 Å². The SMILES string of the molecule is CCNC(=O)CNC(=O)COC(=O)c1ccccc1SC[C@@H]1CCCO1. The van der Waals surface area contributed by atoms with Crippen molar-refractivity contribution in [2.24, 2.45) is 0 Å². The molecule has 1 fully saturated rings. The van der Waals surface area contributed by atoms with E-state index in [0.29, 0.717) is 12.1 Å². The molecular formula is C18H24N2O5S. The highest BCUT2D eigenvalue weighted by Crippen LogP contribution is 2.27. The van der Waals surface area contributed by atoms with Gasteiger partial charge in [-0.25, -0.2) is 4.79 Å². The number of hydrogen-bond donors (Lipinski definition) is 2. The first-order valence-electron chi connectivity index (χ1n) is 8.64. The Kier molecular flexibility index (Phi) is 8.43. The summed E-state index contributed by atoms with van der Waals surface area (Å²) < 4.78 is 10.7. The first kappa shape index (κ1) is 20.3. The summed E-state index contributed by atoms with van der Waals surface area (Å²) in [4.78, 5) is 36.1. The molecule has 2 amide bonds. The van der Waals surface area contributed by atoms with E-state index in [9.17, 15) is 14.4 Å². The Hall–Kier alpha value is -2.06. The van der Waals surface area contributed by atoms with Gasteiger partial charge in [0.25, 0.3) is 5.91 Å². The van der Waals surface area contributed by atoms with E-state index in [2.05, 4.69) is 10.6 Å². The molecule has 0 unspecified atom stereocenters. The van der Waals surface area contributed by atoms with E-state index in [0.717, 1.165) is 30.1 Å². The van der Waals surface area contributed by atoms with Crippen LogP contribution in [0, 0.1) is 0 Å². The molecule has 0 radical (unpaired) electrons. The highest BCUT2D eigenvalue weighted by atomic mass is 32.2. The third-order valence-corrected chi connectivity index (χ3v) is 4.92. The maximum atomic E-state index is 12.3. The zero-order valence-corrected chi connectivity index (χ0v) is 15.6. The van der Waals surface area contributed by atoms with Crippen LogP contribution in [-0.2, 0) is 19.1 Å². The number of likely N-dealkylation sites (N-methyl/N-ethyl adjacent to an activating group) is 1. The van der Waals surface area contributed by atoms with Crippen molar-refractivity contribution >= 4 is 29.5 Å². The fourth-order valence-electron chi connectivity index (χ4n) is 2.42. The zero-order chi connectivity index (χ0) is 18.8. The maximum absolute atomic E-state index is 12.3. The molecule has 1 atom stereocenters. The van der Waals surface area contributed by atoms with Gasteiger partial charge in [-0.1, -0.05) is 12.1 Å². The predicted octanol–water partition coefficient (Wildman–Crippen LogP) is 1.37. The van der Waals surface area contributed by atoms with Crippen LogP contribution in [0.5, 0.6) is 0 Å². The molecule has 7 nitrogen and oxygen atoms in total. The Morgan fingerprint density at radius 2 is 2.04 bits per heavy atom. The van der Waals surface area contributed by atoms with Crippen molar-refractivity contribution in [1.29, 1.82) is 0 Å². The average Bonchev–Trinajstić information content (AvgIpc) is 3.17. The van der Waals surface area contributed by atoms with Gasteiger partial charge < -0.3 is 20.1 Å². The van der Waals surface area contributed by atoms with Crippen LogP contribution in [-0.4, -0.2) is 55.9 Å². The second-order valence-corrected chi connectivity index (χ2v) is 6.81. The lowest BCUT2D eigenvalue weighted by Crippen LogP contribution is -2.38. The summed E-state index contributed by atoms with van der Waals surface area (Å²) in [5, 5.41) is 4.96. The first-order valence-corrected chi connectivity index (χ1v) is 9.62. The van der Waals surface area contributed by atoms with E-state index >= 15 is 0 Å². The van der Waals surface area contributed by atoms with E-state index < -0.39 is 18.5 Å². The van der Waals surface area contributed by atoms with E-state index in [1.807, 2.05) is 12.1 Å². The number of carbonyl (C=O) groups is 3. The van der Waals surface area contributed by atoms with Crippen LogP contribution < -0.4 is 10.6 Å². The number of thioether (sulfide) groups is 1. The second kappa shape index (κ2) is 10.8. The van der Waals surface area contributed by atoms with Gasteiger partial charge in [0.2, 0.25) is 5.91 Å². The van der Waals surface area contributed by atoms with E-state index in [-0.39, 0.29) is 18.6 Å². The van der Waals surface area contributed by atoms with Crippen LogP contribution in [0.3, 0.4) is 0 Å². The molecule has 26 heavy (non-hydrogen) atoms. The van der Waals surface area contributed by atoms with Crippen LogP contribution in [0.25, 0.3) is 0 Å². The summed E-state index contributed by atoms with van der Waals surface area (Å²) in [6, 6.07) is 7.13. The van der Waals surface area contributed by atoms with Gasteiger partial charge in [-0.3, -0.25) is 9.59 Å². The number of rotatable bonds is 9. The number of ether oxygens (including phenoxy) is 2. The molecule has 142 valence electrons. The molecule has 1 aliphatic rings. The van der Waals surface area contributed by atoms with Gasteiger partial charge in [0.05, 0.1) is 18.2 Å². The Labute approximate surface area is 157 Å². The van der Waals surface area contributed by atoms with E-state index in [1.54, 1.807) is 30.8 Å². The Morgan fingerprint density at radius 1 is 1.23 bits per heavy atom. The van der Waals surface area contributed by atoms with Crippen molar-refractivity contribution < 1.29 is 23.9 Å². The van der Waals surface area contributed by atoms with Gasteiger partial charge >= 0.3 is 5.97 Å². The Bertz CT molecular complexity index is 632. The lowest BCUT2D eigenvalue weighted by molar-refractivity contribution is -0.127. The summed E-state index contributed by atoms with van der Waals surface area (Å²) in [5.74, 6) is -0.595. The Balaban J connectivity index is 1.81. The van der Waals surface area contributed by atoms with Crippen LogP contribution >= 0.6 is 11.8 Å². The predicted molar refractivity (Wildman–Crippen MR) is 98.1 cm³/mol. The number of carbonyl (C=O) groups excluding carboxylic acids is 3. The number of esters is 1. The minimum atomic E-state index is -0.561. The fraction of sp³-hybridized carbons (Fsp3) is 0.500. The van der Waals surface area contributed by atoms with Crippen LogP contribution in [0.2, 0.25) is 0 Å². The summed E-state index contributed by atoms with van der Waals surface area (Å²) in [6.45, 7) is 2.50. The minimum absolute atomic E-state index is 0.141. The number of hydrogen-bond acceptors (Lipinski definition) is 6. The maximum Gasteiger partial charge on any atom is 0.339 e. The van der Waals surface area contributed by atoms with Gasteiger partial charge in [0.15, 0.2) is 6.61 Å². The van der Waals surface area contributed by atoms with Crippen molar-refractivity contribution in [3.63, 3.8) is 0 Å². The van der Waals surface area contributed by atoms with Crippen molar-refractivity contribution in [3.05, 3.63) is 29.8 Å². The molecule has 1 heterocycles. The third-order valence-electron chi connectivity index (χ3n) is 3.71. The molecule has 8 heteroatoms. The van der Waals surface area contributed by atoms with Gasteiger partial charge in [0.1, 0.15) is 0 Å². The molecule has 1 aromatic carbocycles. The molecule has 1 aromatic rings. The van der Waals surface area contributed by atoms with E-state index in [1.165, 1.54) is 0 Å². The van der Waals surface area contributed by atoms with Crippen molar-refractivity contribution in [1.82, 2.24) is 10.6 Å². The number of benzene rings is 1. The van der Waals surface area contributed by atoms with Crippen LogP contribution in [0.4, 0.5) is 0 Å². The molecule has 2 rings (SSSR count). The average molecular weight is 380 g/mol. The van der Waals surface area contributed by atoms with Gasteiger partial charge in [-0.15, -0.1) is 11.8 Å². The van der Waals surface area contributed by atoms with Gasteiger partial charge in [-0.05, 0) is 31.9 Å². The standard InChI is InChI=1S/C18H24N2O5S/c1-2-19-16(21)10-20-17(22)11-25-18(23)14-7-3-4-8-15(14)26-12-13-6-5-9-24-13/h3-4,7-8,13H,2,5-6,9-12H2,1H3,(H,19,21)(H,20,22)/t13-/m0/s1. The fourth-order valence-corrected chi connectivity index (χ4v) is 3.53. The largest absolute Gasteiger partial charge is 0.452 e. The third kappa shape index (κ3) is 6.68. The van der Waals surface area contributed by atoms with E-state index in [4.69, 9.17) is 9.47 Å². The van der Waals surface area contributed by atoms with Gasteiger partial charge in [0, 0.05) is 23.8 Å². The van der Waals surface area contributed by atoms with Crippen molar-refractivity contribution in [2.45, 2.75) is 30.8 Å². The summed E-state index contributed by atoms with van der Waals surface area (Å²) >= 11 is 1.55. The first-order chi connectivity index (χ1) is 12.6. The molecule has 0 bridgehead atoms. The quantitative estimate of drug-likeness (QED) is 0.496. The molecule has 0 aliphatic carbocycles. The number of amides is 2. The molecule has 0 spiro atoms. The Morgan fingerprint density at radius 3 is 2.77 bits per heavy atom. The highest BCUT2D eigenvalue weighted by Gasteiger charge is 2.19. The molecule has 0 aromatic heterocycles. The normalized spacial score (nSPS) is 16.1. The summed E-state index contributed by atoms with van der Waals surface area (Å²) in [6.07, 6.45) is 2.32. The van der Waals surface area contributed by atoms with Crippen molar-refractivity contribution in [3.8, 4) is 0 Å². The zero-order valence-electron chi connectivity index (χ0n) is 14.8. The lowest BCUT2D eigenvalue weighted by atomic mass is 10.2. The monoisotopic (exact) mass is 380 g/mol. The minimum Gasteiger partial charge on any atom is -0.452 e. The molecule has 0 saturated carbocycles. The lowest BCUT2D eigenvalue weighted by Gasteiger charge is -2.12. The molecule has 1 aliphatic heterocycles. The number of nitrogens with one attached hydrogen (secondary N) is 2.